The highest BCUT2D eigenvalue weighted by Gasteiger charge is 2.43. The SMILES string of the molecule is COCCCN1C(=O)C(c2ccc(Cl)cc2Cl)=C(N2CC(C)CC(C)C2)C1=O. The molecular formula is C21H26Cl2N2O3. The molecule has 0 aliphatic carbocycles. The molecule has 1 aromatic rings. The van der Waals surface area contributed by atoms with E-state index in [9.17, 15) is 9.59 Å². The van der Waals surface area contributed by atoms with E-state index in [4.69, 9.17) is 27.9 Å². The predicted molar refractivity (Wildman–Crippen MR) is 111 cm³/mol. The van der Waals surface area contributed by atoms with E-state index in [1.807, 2.05) is 0 Å². The van der Waals surface area contributed by atoms with Gasteiger partial charge in [0.05, 0.1) is 10.6 Å². The topological polar surface area (TPSA) is 49.9 Å². The third-order valence-corrected chi connectivity index (χ3v) is 5.81. The molecule has 5 nitrogen and oxygen atoms in total. The van der Waals surface area contributed by atoms with Crippen LogP contribution < -0.4 is 0 Å². The number of imide groups is 1. The second-order valence-corrected chi connectivity index (χ2v) is 8.65. The maximum Gasteiger partial charge on any atom is 0.277 e. The molecule has 0 saturated carbocycles. The molecular weight excluding hydrogens is 399 g/mol. The van der Waals surface area contributed by atoms with E-state index in [-0.39, 0.29) is 11.8 Å². The number of carbonyl (C=O) groups is 2. The number of rotatable bonds is 6. The Bertz CT molecular complexity index is 799. The monoisotopic (exact) mass is 424 g/mol. The number of nitrogens with zero attached hydrogens (tertiary/aromatic N) is 2. The number of benzene rings is 1. The number of methoxy groups -OCH3 is 1. The van der Waals surface area contributed by atoms with Crippen molar-refractivity contribution in [3.05, 3.63) is 39.5 Å². The van der Waals surface area contributed by atoms with Gasteiger partial charge in [0.25, 0.3) is 11.8 Å². The third kappa shape index (κ3) is 4.22. The average molecular weight is 425 g/mol. The molecule has 2 amide bonds. The number of likely N-dealkylation sites (tertiary alicyclic amines) is 1. The van der Waals surface area contributed by atoms with Gasteiger partial charge >= 0.3 is 0 Å². The molecule has 2 unspecified atom stereocenters. The number of amides is 2. The van der Waals surface area contributed by atoms with Gasteiger partial charge < -0.3 is 9.64 Å². The van der Waals surface area contributed by atoms with E-state index in [1.165, 1.54) is 4.90 Å². The van der Waals surface area contributed by atoms with Gasteiger partial charge in [-0.1, -0.05) is 43.1 Å². The number of hydrogen-bond donors (Lipinski definition) is 0. The maximum atomic E-state index is 13.3. The van der Waals surface area contributed by atoms with Gasteiger partial charge in [-0.2, -0.15) is 0 Å². The van der Waals surface area contributed by atoms with E-state index in [0.717, 1.165) is 19.5 Å². The molecule has 1 aromatic carbocycles. The summed E-state index contributed by atoms with van der Waals surface area (Å²) in [6.45, 7) is 6.66. The van der Waals surface area contributed by atoms with Crippen LogP contribution in [0.3, 0.4) is 0 Å². The summed E-state index contributed by atoms with van der Waals surface area (Å²) >= 11 is 12.5. The summed E-state index contributed by atoms with van der Waals surface area (Å²) in [5.41, 5.74) is 1.40. The molecule has 1 fully saturated rings. The molecule has 3 rings (SSSR count). The van der Waals surface area contributed by atoms with Crippen LogP contribution in [0.1, 0.15) is 32.3 Å². The zero-order chi connectivity index (χ0) is 20.4. The van der Waals surface area contributed by atoms with Crippen LogP contribution in [0.15, 0.2) is 23.9 Å². The summed E-state index contributed by atoms with van der Waals surface area (Å²) in [5.74, 6) is 0.349. The van der Waals surface area contributed by atoms with Crippen LogP contribution in [0.4, 0.5) is 0 Å². The van der Waals surface area contributed by atoms with E-state index >= 15 is 0 Å². The Morgan fingerprint density at radius 1 is 1.11 bits per heavy atom. The highest BCUT2D eigenvalue weighted by molar-refractivity contribution is 6.41. The Balaban J connectivity index is 2.05. The molecule has 28 heavy (non-hydrogen) atoms. The third-order valence-electron chi connectivity index (χ3n) is 5.26. The van der Waals surface area contributed by atoms with Crippen molar-refractivity contribution >= 4 is 40.6 Å². The zero-order valence-electron chi connectivity index (χ0n) is 16.5. The molecule has 0 bridgehead atoms. The van der Waals surface area contributed by atoms with Crippen molar-refractivity contribution in [2.24, 2.45) is 11.8 Å². The molecule has 2 aliphatic rings. The molecule has 1 saturated heterocycles. The molecule has 2 heterocycles. The number of carbonyl (C=O) groups excluding carboxylic acids is 2. The first-order chi connectivity index (χ1) is 13.3. The smallest absolute Gasteiger partial charge is 0.277 e. The number of piperidine rings is 1. The number of ether oxygens (including phenoxy) is 1. The molecule has 0 radical (unpaired) electrons. The Labute approximate surface area is 176 Å². The minimum atomic E-state index is -0.300. The molecule has 0 N–H and O–H groups in total. The van der Waals surface area contributed by atoms with Gasteiger partial charge in [-0.3, -0.25) is 14.5 Å². The van der Waals surface area contributed by atoms with Gasteiger partial charge in [-0.05, 0) is 36.8 Å². The first kappa shape index (κ1) is 21.2. The van der Waals surface area contributed by atoms with Crippen LogP contribution in [0.2, 0.25) is 10.0 Å². The van der Waals surface area contributed by atoms with Gasteiger partial charge in [-0.15, -0.1) is 0 Å². The van der Waals surface area contributed by atoms with Crippen molar-refractivity contribution in [2.45, 2.75) is 26.7 Å². The predicted octanol–water partition coefficient (Wildman–Crippen LogP) is 4.09. The van der Waals surface area contributed by atoms with Gasteiger partial charge in [0, 0.05) is 43.9 Å². The molecule has 7 heteroatoms. The van der Waals surface area contributed by atoms with E-state index < -0.39 is 0 Å². The van der Waals surface area contributed by atoms with Crippen LogP contribution in [0.5, 0.6) is 0 Å². The van der Waals surface area contributed by atoms with Crippen LogP contribution in [-0.4, -0.2) is 55.0 Å². The second-order valence-electron chi connectivity index (χ2n) is 7.81. The summed E-state index contributed by atoms with van der Waals surface area (Å²) in [6.07, 6.45) is 1.70. The molecule has 2 atom stereocenters. The van der Waals surface area contributed by atoms with Crippen LogP contribution in [0, 0.1) is 11.8 Å². The summed E-state index contributed by atoms with van der Waals surface area (Å²) in [7, 11) is 1.60. The van der Waals surface area contributed by atoms with Crippen molar-refractivity contribution in [1.82, 2.24) is 9.80 Å². The minimum absolute atomic E-state index is 0.247. The zero-order valence-corrected chi connectivity index (χ0v) is 18.0. The van der Waals surface area contributed by atoms with Crippen molar-refractivity contribution in [3.8, 4) is 0 Å². The molecule has 152 valence electrons. The Hall–Kier alpha value is -1.56. The molecule has 0 spiro atoms. The van der Waals surface area contributed by atoms with Gasteiger partial charge in [0.15, 0.2) is 0 Å². The summed E-state index contributed by atoms with van der Waals surface area (Å²) < 4.78 is 5.08. The van der Waals surface area contributed by atoms with Crippen molar-refractivity contribution < 1.29 is 14.3 Å². The fourth-order valence-corrected chi connectivity index (χ4v) is 4.71. The Kier molecular flexibility index (Phi) is 6.69. The quantitative estimate of drug-likeness (QED) is 0.509. The summed E-state index contributed by atoms with van der Waals surface area (Å²) in [6, 6.07) is 5.02. The van der Waals surface area contributed by atoms with Crippen molar-refractivity contribution in [1.29, 1.82) is 0 Å². The molecule has 0 aromatic heterocycles. The van der Waals surface area contributed by atoms with E-state index in [1.54, 1.807) is 25.3 Å². The fraction of sp³-hybridized carbons (Fsp3) is 0.524. The normalized spacial score (nSPS) is 23.2. The molecule has 2 aliphatic heterocycles. The summed E-state index contributed by atoms with van der Waals surface area (Å²) in [5, 5.41) is 0.864. The highest BCUT2D eigenvalue weighted by atomic mass is 35.5. The van der Waals surface area contributed by atoms with Crippen LogP contribution in [-0.2, 0) is 14.3 Å². The standard InChI is InChI=1S/C21H26Cl2N2O3/c1-13-9-14(2)12-24(11-13)19-18(16-6-5-15(22)10-17(16)23)20(26)25(21(19)27)7-4-8-28-3/h5-6,10,13-14H,4,7-9,11-12H2,1-3H3. The largest absolute Gasteiger partial charge is 0.385 e. The highest BCUT2D eigenvalue weighted by Crippen LogP contribution is 2.38. The average Bonchev–Trinajstić information content (AvgIpc) is 2.85. The Morgan fingerprint density at radius 3 is 2.39 bits per heavy atom. The van der Waals surface area contributed by atoms with Gasteiger partial charge in [0.1, 0.15) is 5.70 Å². The van der Waals surface area contributed by atoms with Crippen LogP contribution >= 0.6 is 23.2 Å². The lowest BCUT2D eigenvalue weighted by Crippen LogP contribution is -2.42. The summed E-state index contributed by atoms with van der Waals surface area (Å²) in [4.78, 5) is 29.9. The number of hydrogen-bond acceptors (Lipinski definition) is 4. The second kappa shape index (κ2) is 8.85. The van der Waals surface area contributed by atoms with Crippen molar-refractivity contribution in [3.63, 3.8) is 0 Å². The first-order valence-corrected chi connectivity index (χ1v) is 10.4. The van der Waals surface area contributed by atoms with E-state index in [2.05, 4.69) is 18.7 Å². The van der Waals surface area contributed by atoms with Crippen molar-refractivity contribution in [2.75, 3.05) is 33.4 Å². The lowest BCUT2D eigenvalue weighted by atomic mass is 9.91. The lowest BCUT2D eigenvalue weighted by molar-refractivity contribution is -0.137. The van der Waals surface area contributed by atoms with E-state index in [0.29, 0.717) is 58.3 Å². The number of halogens is 2. The lowest BCUT2D eigenvalue weighted by Gasteiger charge is -2.37. The van der Waals surface area contributed by atoms with Gasteiger partial charge in [-0.25, -0.2) is 0 Å². The first-order valence-electron chi connectivity index (χ1n) is 9.63. The van der Waals surface area contributed by atoms with Gasteiger partial charge in [0.2, 0.25) is 0 Å². The Morgan fingerprint density at radius 2 is 1.79 bits per heavy atom. The van der Waals surface area contributed by atoms with Crippen LogP contribution in [0.25, 0.3) is 5.57 Å². The fourth-order valence-electron chi connectivity index (χ4n) is 4.21. The maximum absolute atomic E-state index is 13.3. The minimum Gasteiger partial charge on any atom is -0.385 e.